The van der Waals surface area contributed by atoms with Crippen molar-refractivity contribution in [2.24, 2.45) is 0 Å². The maximum absolute atomic E-state index is 13.7. The number of carbonyl (C=O) groups is 2. The van der Waals surface area contributed by atoms with Crippen LogP contribution in [-0.2, 0) is 0 Å². The summed E-state index contributed by atoms with van der Waals surface area (Å²) in [6, 6.07) is 12.8. The topological polar surface area (TPSA) is 94.9 Å². The van der Waals surface area contributed by atoms with Gasteiger partial charge in [-0.3, -0.25) is 14.6 Å². The molecule has 0 aliphatic rings. The molecule has 0 fully saturated rings. The Hall–Kier alpha value is -4.12. The third-order valence-electron chi connectivity index (χ3n) is 3.76. The zero-order valence-electron chi connectivity index (χ0n) is 14.2. The summed E-state index contributed by atoms with van der Waals surface area (Å²) in [6.07, 6.45) is 2.39. The van der Waals surface area contributed by atoms with Crippen LogP contribution in [0.4, 0.5) is 20.2 Å². The monoisotopic (exact) mass is 378 g/mol. The Morgan fingerprint density at radius 1 is 0.893 bits per heavy atom. The van der Waals surface area contributed by atoms with Gasteiger partial charge in [-0.25, -0.2) is 8.78 Å². The van der Waals surface area contributed by atoms with Crippen molar-refractivity contribution >= 4 is 23.2 Å². The van der Waals surface area contributed by atoms with Crippen molar-refractivity contribution in [2.75, 3.05) is 10.6 Å². The van der Waals surface area contributed by atoms with Gasteiger partial charge in [0.15, 0.2) is 0 Å². The summed E-state index contributed by atoms with van der Waals surface area (Å²) in [5.74, 6) is -3.28. The number of rotatable bonds is 4. The van der Waals surface area contributed by atoms with Gasteiger partial charge in [-0.2, -0.15) is 5.26 Å². The van der Waals surface area contributed by atoms with Gasteiger partial charge in [0.1, 0.15) is 23.4 Å². The van der Waals surface area contributed by atoms with Crippen molar-refractivity contribution in [3.8, 4) is 6.07 Å². The van der Waals surface area contributed by atoms with Gasteiger partial charge in [0.2, 0.25) is 0 Å². The van der Waals surface area contributed by atoms with Crippen LogP contribution in [0.15, 0.2) is 60.9 Å². The molecule has 3 aromatic rings. The van der Waals surface area contributed by atoms with Gasteiger partial charge in [-0.1, -0.05) is 18.2 Å². The van der Waals surface area contributed by atoms with Crippen molar-refractivity contribution in [1.29, 1.82) is 5.26 Å². The Balaban J connectivity index is 1.81. The van der Waals surface area contributed by atoms with E-state index in [4.69, 9.17) is 5.26 Å². The Morgan fingerprint density at radius 2 is 1.50 bits per heavy atom. The second-order valence-corrected chi connectivity index (χ2v) is 5.62. The SMILES string of the molecule is N#Cc1ccccc1NC(=O)c1cncc(C(=O)Nc2c(F)cccc2F)c1. The second-order valence-electron chi connectivity index (χ2n) is 5.62. The van der Waals surface area contributed by atoms with Gasteiger partial charge in [0, 0.05) is 12.4 Å². The molecule has 0 bridgehead atoms. The van der Waals surface area contributed by atoms with Gasteiger partial charge in [0.25, 0.3) is 11.8 Å². The maximum atomic E-state index is 13.7. The first-order valence-corrected chi connectivity index (χ1v) is 8.00. The highest BCUT2D eigenvalue weighted by Crippen LogP contribution is 2.19. The number of aromatic nitrogens is 1. The average molecular weight is 378 g/mol. The van der Waals surface area contributed by atoms with Crippen LogP contribution in [0.2, 0.25) is 0 Å². The van der Waals surface area contributed by atoms with Crippen molar-refractivity contribution < 1.29 is 18.4 Å². The van der Waals surface area contributed by atoms with Crippen molar-refractivity contribution in [1.82, 2.24) is 4.98 Å². The van der Waals surface area contributed by atoms with Crippen LogP contribution < -0.4 is 10.6 Å². The Bertz CT molecular complexity index is 1090. The number of anilines is 2. The Kier molecular flexibility index (Phi) is 5.37. The van der Waals surface area contributed by atoms with Gasteiger partial charge >= 0.3 is 0 Å². The summed E-state index contributed by atoms with van der Waals surface area (Å²) in [7, 11) is 0. The van der Waals surface area contributed by atoms with E-state index in [0.29, 0.717) is 5.69 Å². The molecule has 2 N–H and O–H groups in total. The molecule has 8 heteroatoms. The molecule has 0 radical (unpaired) electrons. The molecule has 0 aliphatic carbocycles. The molecule has 0 saturated carbocycles. The number of nitrogens with one attached hydrogen (secondary N) is 2. The molecule has 2 aromatic carbocycles. The summed E-state index contributed by atoms with van der Waals surface area (Å²) in [4.78, 5) is 28.5. The molecule has 3 rings (SSSR count). The third-order valence-corrected chi connectivity index (χ3v) is 3.76. The average Bonchev–Trinajstić information content (AvgIpc) is 2.71. The fourth-order valence-electron chi connectivity index (χ4n) is 2.38. The second kappa shape index (κ2) is 8.05. The molecule has 28 heavy (non-hydrogen) atoms. The predicted octanol–water partition coefficient (Wildman–Crippen LogP) is 3.74. The Morgan fingerprint density at radius 3 is 2.14 bits per heavy atom. The Labute approximate surface area is 158 Å². The van der Waals surface area contributed by atoms with E-state index in [2.05, 4.69) is 15.6 Å². The van der Waals surface area contributed by atoms with E-state index >= 15 is 0 Å². The van der Waals surface area contributed by atoms with Crippen molar-refractivity contribution in [2.45, 2.75) is 0 Å². The number of pyridine rings is 1. The lowest BCUT2D eigenvalue weighted by Crippen LogP contribution is -2.17. The van der Waals surface area contributed by atoms with Crippen LogP contribution in [0.3, 0.4) is 0 Å². The largest absolute Gasteiger partial charge is 0.321 e. The molecule has 0 unspecified atom stereocenters. The molecular formula is C20H12F2N4O2. The smallest absolute Gasteiger partial charge is 0.257 e. The number of benzene rings is 2. The first-order chi connectivity index (χ1) is 13.5. The summed E-state index contributed by atoms with van der Waals surface area (Å²) in [6.45, 7) is 0. The molecule has 6 nitrogen and oxygen atoms in total. The fraction of sp³-hybridized carbons (Fsp3) is 0. The summed E-state index contributed by atoms with van der Waals surface area (Å²) in [5, 5.41) is 13.8. The third kappa shape index (κ3) is 3.99. The first-order valence-electron chi connectivity index (χ1n) is 8.00. The molecule has 0 saturated heterocycles. The molecule has 2 amide bonds. The highest BCUT2D eigenvalue weighted by atomic mass is 19.1. The van der Waals surface area contributed by atoms with Crippen molar-refractivity contribution in [3.05, 3.63) is 89.2 Å². The number of carbonyl (C=O) groups excluding carboxylic acids is 2. The standard InChI is InChI=1S/C20H12F2N4O2/c21-15-5-3-6-16(22)18(15)26-20(28)14-8-13(10-24-11-14)19(27)25-17-7-2-1-4-12(17)9-23/h1-8,10-11H,(H,25,27)(H,26,28). The van der Waals surface area contributed by atoms with Crippen LogP contribution >= 0.6 is 0 Å². The maximum Gasteiger partial charge on any atom is 0.257 e. The molecule has 1 aromatic heterocycles. The summed E-state index contributed by atoms with van der Waals surface area (Å²) >= 11 is 0. The molecule has 0 atom stereocenters. The quantitative estimate of drug-likeness (QED) is 0.723. The van der Waals surface area contributed by atoms with Gasteiger partial charge in [-0.15, -0.1) is 0 Å². The number of nitriles is 1. The van der Waals surface area contributed by atoms with E-state index in [1.807, 2.05) is 6.07 Å². The molecule has 0 aliphatic heterocycles. The number of para-hydroxylation sites is 2. The fourth-order valence-corrected chi connectivity index (χ4v) is 2.38. The van der Waals surface area contributed by atoms with E-state index in [1.54, 1.807) is 24.3 Å². The summed E-state index contributed by atoms with van der Waals surface area (Å²) in [5.41, 5.74) is -0.0467. The van der Waals surface area contributed by atoms with E-state index in [-0.39, 0.29) is 16.7 Å². The minimum atomic E-state index is -0.927. The summed E-state index contributed by atoms with van der Waals surface area (Å²) < 4.78 is 27.4. The van der Waals surface area contributed by atoms with E-state index < -0.39 is 29.1 Å². The highest BCUT2D eigenvalue weighted by Gasteiger charge is 2.16. The van der Waals surface area contributed by atoms with Crippen molar-refractivity contribution in [3.63, 3.8) is 0 Å². The zero-order chi connectivity index (χ0) is 20.1. The lowest BCUT2D eigenvalue weighted by molar-refractivity contribution is 0.102. The molecule has 1 heterocycles. The van der Waals surface area contributed by atoms with Crippen LogP contribution in [0, 0.1) is 23.0 Å². The molecule has 138 valence electrons. The number of hydrogen-bond donors (Lipinski definition) is 2. The highest BCUT2D eigenvalue weighted by molar-refractivity contribution is 6.08. The number of halogens is 2. The van der Waals surface area contributed by atoms with E-state index in [0.717, 1.165) is 18.3 Å². The lowest BCUT2D eigenvalue weighted by atomic mass is 10.1. The molecule has 0 spiro atoms. The van der Waals surface area contributed by atoms with Crippen LogP contribution in [0.25, 0.3) is 0 Å². The number of amides is 2. The normalized spacial score (nSPS) is 10.0. The predicted molar refractivity (Wildman–Crippen MR) is 97.7 cm³/mol. The molecular weight excluding hydrogens is 366 g/mol. The zero-order valence-corrected chi connectivity index (χ0v) is 14.2. The van der Waals surface area contributed by atoms with Crippen LogP contribution in [0.1, 0.15) is 26.3 Å². The number of hydrogen-bond acceptors (Lipinski definition) is 4. The van der Waals surface area contributed by atoms with E-state index in [9.17, 15) is 18.4 Å². The van der Waals surface area contributed by atoms with Gasteiger partial charge < -0.3 is 10.6 Å². The number of nitrogens with zero attached hydrogens (tertiary/aromatic N) is 2. The van der Waals surface area contributed by atoms with Crippen LogP contribution in [-0.4, -0.2) is 16.8 Å². The van der Waals surface area contributed by atoms with Crippen LogP contribution in [0.5, 0.6) is 0 Å². The first kappa shape index (κ1) is 18.7. The lowest BCUT2D eigenvalue weighted by Gasteiger charge is -2.09. The van der Waals surface area contributed by atoms with Gasteiger partial charge in [0.05, 0.1) is 22.4 Å². The minimum Gasteiger partial charge on any atom is -0.321 e. The van der Waals surface area contributed by atoms with E-state index in [1.165, 1.54) is 18.3 Å². The minimum absolute atomic E-state index is 0.0365. The van der Waals surface area contributed by atoms with Gasteiger partial charge in [-0.05, 0) is 30.3 Å².